The molecule has 1 aliphatic rings. The van der Waals surface area contributed by atoms with Crippen LogP contribution in [0.25, 0.3) is 0 Å². The van der Waals surface area contributed by atoms with Crippen molar-refractivity contribution in [1.82, 2.24) is 5.32 Å². The van der Waals surface area contributed by atoms with E-state index in [4.69, 9.17) is 0 Å². The van der Waals surface area contributed by atoms with Crippen molar-refractivity contribution in [2.45, 2.75) is 19.0 Å². The predicted molar refractivity (Wildman–Crippen MR) is 62.3 cm³/mol. The van der Waals surface area contributed by atoms with Crippen molar-refractivity contribution in [1.29, 1.82) is 0 Å². The number of halogens is 2. The molecule has 20 heavy (non-hydrogen) atoms. The van der Waals surface area contributed by atoms with E-state index in [9.17, 15) is 23.5 Å². The molecule has 0 saturated carbocycles. The Labute approximate surface area is 114 Å². The number of hydrogen-bond acceptors (Lipinski definition) is 3. The van der Waals surface area contributed by atoms with Crippen LogP contribution in [0, 0.1) is 11.6 Å². The molecule has 1 aromatic rings. The van der Waals surface area contributed by atoms with Crippen LogP contribution < -0.4 is 15.3 Å². The van der Waals surface area contributed by atoms with E-state index < -0.39 is 30.1 Å². The second-order valence-electron chi connectivity index (χ2n) is 4.75. The fourth-order valence-electron chi connectivity index (χ4n) is 2.36. The molecule has 0 aliphatic carbocycles. The van der Waals surface area contributed by atoms with Crippen LogP contribution >= 0.6 is 0 Å². The minimum Gasteiger partial charge on any atom is -0.550 e. The zero-order valence-corrected chi connectivity index (χ0v) is 10.6. The third-order valence-electron chi connectivity index (χ3n) is 3.34. The first kappa shape index (κ1) is 14.4. The predicted octanol–water partition coefficient (Wildman–Crippen LogP) is -2.01. The lowest BCUT2D eigenvalue weighted by atomic mass is 10.1. The SMILES string of the molecule is O=C([O-])C[C@@H]1C(=O)NCC[NH+]1Cc1ccc(F)c(F)c1. The average molecular weight is 284 g/mol. The molecule has 2 rings (SSSR count). The van der Waals surface area contributed by atoms with Gasteiger partial charge in [0.05, 0.1) is 13.1 Å². The van der Waals surface area contributed by atoms with Crippen LogP contribution in [0.1, 0.15) is 12.0 Å². The Morgan fingerprint density at radius 3 is 2.80 bits per heavy atom. The Kier molecular flexibility index (Phi) is 4.29. The zero-order valence-electron chi connectivity index (χ0n) is 10.6. The lowest BCUT2D eigenvalue weighted by Crippen LogP contribution is -3.18. The topological polar surface area (TPSA) is 73.7 Å². The van der Waals surface area contributed by atoms with Crippen LogP contribution in [0.3, 0.4) is 0 Å². The van der Waals surface area contributed by atoms with Gasteiger partial charge in [-0.3, -0.25) is 4.79 Å². The Morgan fingerprint density at radius 1 is 1.40 bits per heavy atom. The molecular formula is C13H14F2N2O3. The van der Waals surface area contributed by atoms with Crippen molar-refractivity contribution in [2.24, 2.45) is 0 Å². The molecule has 108 valence electrons. The molecule has 0 aromatic heterocycles. The van der Waals surface area contributed by atoms with Crippen molar-refractivity contribution in [3.63, 3.8) is 0 Å². The van der Waals surface area contributed by atoms with Gasteiger partial charge in [0.2, 0.25) is 0 Å². The van der Waals surface area contributed by atoms with E-state index in [1.54, 1.807) is 0 Å². The molecule has 1 heterocycles. The minimum atomic E-state index is -1.31. The number of nitrogens with one attached hydrogen (secondary N) is 2. The number of carboxylic acid groups (broad SMARTS) is 1. The van der Waals surface area contributed by atoms with E-state index in [-0.39, 0.29) is 12.5 Å². The fraction of sp³-hybridized carbons (Fsp3) is 0.385. The van der Waals surface area contributed by atoms with Gasteiger partial charge in [-0.1, -0.05) is 6.07 Å². The van der Waals surface area contributed by atoms with Crippen LogP contribution in [0.4, 0.5) is 8.78 Å². The highest BCUT2D eigenvalue weighted by Crippen LogP contribution is 2.08. The highest BCUT2D eigenvalue weighted by atomic mass is 19.2. The second kappa shape index (κ2) is 5.96. The summed E-state index contributed by atoms with van der Waals surface area (Å²) in [6.45, 7) is 1.19. The van der Waals surface area contributed by atoms with Gasteiger partial charge >= 0.3 is 0 Å². The number of rotatable bonds is 4. The van der Waals surface area contributed by atoms with E-state index in [2.05, 4.69) is 5.32 Å². The van der Waals surface area contributed by atoms with Crippen molar-refractivity contribution in [2.75, 3.05) is 13.1 Å². The summed E-state index contributed by atoms with van der Waals surface area (Å²) in [6.07, 6.45) is -0.398. The Bertz CT molecular complexity index is 536. The second-order valence-corrected chi connectivity index (χ2v) is 4.75. The zero-order chi connectivity index (χ0) is 14.7. The number of piperazine rings is 1. The Hall–Kier alpha value is -2.02. The first-order valence-electron chi connectivity index (χ1n) is 6.23. The largest absolute Gasteiger partial charge is 0.550 e. The number of hydrogen-bond donors (Lipinski definition) is 2. The van der Waals surface area contributed by atoms with E-state index in [1.165, 1.54) is 6.07 Å². The van der Waals surface area contributed by atoms with Gasteiger partial charge in [0.25, 0.3) is 5.91 Å². The Morgan fingerprint density at radius 2 is 2.15 bits per heavy atom. The molecule has 0 radical (unpaired) electrons. The summed E-state index contributed by atoms with van der Waals surface area (Å²) in [5.74, 6) is -3.57. The number of carbonyl (C=O) groups is 2. The molecule has 1 amide bonds. The highest BCUT2D eigenvalue weighted by molar-refractivity contribution is 5.84. The summed E-state index contributed by atoms with van der Waals surface area (Å²) in [5, 5.41) is 13.3. The first-order valence-corrected chi connectivity index (χ1v) is 6.23. The molecule has 0 spiro atoms. The van der Waals surface area contributed by atoms with Gasteiger partial charge in [-0.2, -0.15) is 0 Å². The van der Waals surface area contributed by atoms with Crippen LogP contribution in [-0.4, -0.2) is 31.0 Å². The maximum absolute atomic E-state index is 13.1. The quantitative estimate of drug-likeness (QED) is 0.671. The monoisotopic (exact) mass is 284 g/mol. The van der Waals surface area contributed by atoms with Crippen LogP contribution in [0.15, 0.2) is 18.2 Å². The minimum absolute atomic E-state index is 0.253. The normalized spacial score (nSPS) is 22.4. The molecule has 0 bridgehead atoms. The summed E-state index contributed by atoms with van der Waals surface area (Å²) in [7, 11) is 0. The fourth-order valence-corrected chi connectivity index (χ4v) is 2.36. The van der Waals surface area contributed by atoms with E-state index in [0.717, 1.165) is 12.1 Å². The van der Waals surface area contributed by atoms with Gasteiger partial charge < -0.3 is 20.1 Å². The van der Waals surface area contributed by atoms with Gasteiger partial charge in [0.15, 0.2) is 17.7 Å². The van der Waals surface area contributed by atoms with E-state index >= 15 is 0 Å². The Balaban J connectivity index is 2.13. The van der Waals surface area contributed by atoms with Gasteiger partial charge in [-0.15, -0.1) is 0 Å². The van der Waals surface area contributed by atoms with Crippen LogP contribution in [0.5, 0.6) is 0 Å². The van der Waals surface area contributed by atoms with Gasteiger partial charge in [0.1, 0.15) is 6.54 Å². The molecule has 1 fully saturated rings. The standard InChI is InChI=1S/C13H14F2N2O3/c14-9-2-1-8(5-10(9)15)7-17-4-3-16-13(20)11(17)6-12(18)19/h1-2,5,11H,3-4,6-7H2,(H,16,20)(H,18,19)/t11-/m1/s1. The highest BCUT2D eigenvalue weighted by Gasteiger charge is 2.33. The van der Waals surface area contributed by atoms with Crippen LogP contribution in [-0.2, 0) is 16.1 Å². The maximum atomic E-state index is 13.1. The lowest BCUT2D eigenvalue weighted by Gasteiger charge is -2.32. The molecule has 5 nitrogen and oxygen atoms in total. The van der Waals surface area contributed by atoms with E-state index in [1.807, 2.05) is 0 Å². The third-order valence-corrected chi connectivity index (χ3v) is 3.34. The van der Waals surface area contributed by atoms with Gasteiger partial charge in [-0.25, -0.2) is 8.78 Å². The summed E-state index contributed by atoms with van der Waals surface area (Å²) in [4.78, 5) is 23.1. The van der Waals surface area contributed by atoms with Crippen molar-refractivity contribution >= 4 is 11.9 Å². The summed E-state index contributed by atoms with van der Waals surface area (Å²) < 4.78 is 26.0. The van der Waals surface area contributed by atoms with Gasteiger partial charge in [0, 0.05) is 18.0 Å². The molecule has 2 N–H and O–H groups in total. The number of carbonyl (C=O) groups excluding carboxylic acids is 2. The molecule has 2 atom stereocenters. The average Bonchev–Trinajstić information content (AvgIpc) is 2.38. The number of benzene rings is 1. The molecule has 7 heteroatoms. The van der Waals surface area contributed by atoms with Crippen molar-refractivity contribution < 1.29 is 28.4 Å². The lowest BCUT2D eigenvalue weighted by molar-refractivity contribution is -0.930. The van der Waals surface area contributed by atoms with Gasteiger partial charge in [-0.05, 0) is 12.1 Å². The number of aliphatic carboxylic acids is 1. The van der Waals surface area contributed by atoms with Crippen molar-refractivity contribution in [3.05, 3.63) is 35.4 Å². The van der Waals surface area contributed by atoms with E-state index in [0.29, 0.717) is 23.6 Å². The summed E-state index contributed by atoms with van der Waals surface area (Å²) in [6, 6.07) is 2.72. The molecular weight excluding hydrogens is 270 g/mol. The summed E-state index contributed by atoms with van der Waals surface area (Å²) in [5.41, 5.74) is 0.511. The molecule has 1 unspecified atom stereocenters. The smallest absolute Gasteiger partial charge is 0.278 e. The summed E-state index contributed by atoms with van der Waals surface area (Å²) >= 11 is 0. The number of carboxylic acids is 1. The van der Waals surface area contributed by atoms with Crippen LogP contribution in [0.2, 0.25) is 0 Å². The maximum Gasteiger partial charge on any atom is 0.278 e. The number of amides is 1. The molecule has 1 aromatic carbocycles. The van der Waals surface area contributed by atoms with Crippen molar-refractivity contribution in [3.8, 4) is 0 Å². The third kappa shape index (κ3) is 3.30. The first-order chi connectivity index (χ1) is 9.47. The molecule has 1 saturated heterocycles. The molecule has 1 aliphatic heterocycles. The number of quaternary nitrogens is 1.